The fourth-order valence-electron chi connectivity index (χ4n) is 3.74. The number of rotatable bonds is 10. The largest absolute Gasteiger partial charge is 0.493 e. The first-order valence-electron chi connectivity index (χ1n) is 11.8. The lowest BCUT2D eigenvalue weighted by atomic mass is 10.1. The number of benzene rings is 2. The van der Waals surface area contributed by atoms with Crippen molar-refractivity contribution in [3.05, 3.63) is 53.7 Å². The molecule has 0 aliphatic carbocycles. The Labute approximate surface area is 217 Å². The van der Waals surface area contributed by atoms with Crippen LogP contribution in [0.2, 0.25) is 5.02 Å². The van der Waals surface area contributed by atoms with E-state index in [1.165, 1.54) is 0 Å². The number of ether oxygens (including phenoxy) is 2. The van der Waals surface area contributed by atoms with E-state index in [-0.39, 0.29) is 30.3 Å². The van der Waals surface area contributed by atoms with Crippen LogP contribution in [-0.4, -0.2) is 53.1 Å². The molecule has 0 spiro atoms. The van der Waals surface area contributed by atoms with Gasteiger partial charge in [0.25, 0.3) is 0 Å². The summed E-state index contributed by atoms with van der Waals surface area (Å²) in [6, 6.07) is 12.6. The molecule has 0 bridgehead atoms. The Morgan fingerprint density at radius 2 is 1.69 bits per heavy atom. The number of nitrogens with one attached hydrogen (secondary N) is 1. The second-order valence-electron chi connectivity index (χ2n) is 9.13. The summed E-state index contributed by atoms with van der Waals surface area (Å²) in [5.41, 5.74) is 2.20. The first-order chi connectivity index (χ1) is 17.1. The molecular formula is C27H33ClN4O4. The Balaban J connectivity index is 1.97. The second-order valence-corrected chi connectivity index (χ2v) is 9.56. The van der Waals surface area contributed by atoms with Crippen LogP contribution in [0, 0.1) is 5.92 Å². The van der Waals surface area contributed by atoms with Crippen molar-refractivity contribution in [2.24, 2.45) is 5.92 Å². The molecule has 3 aromatic rings. The maximum Gasteiger partial charge on any atom is 0.246 e. The molecule has 0 unspecified atom stereocenters. The van der Waals surface area contributed by atoms with E-state index in [4.69, 9.17) is 21.1 Å². The Morgan fingerprint density at radius 3 is 2.28 bits per heavy atom. The van der Waals surface area contributed by atoms with E-state index >= 15 is 0 Å². The van der Waals surface area contributed by atoms with Crippen LogP contribution in [0.3, 0.4) is 0 Å². The first kappa shape index (κ1) is 27.1. The zero-order valence-corrected chi connectivity index (χ0v) is 22.3. The van der Waals surface area contributed by atoms with E-state index in [9.17, 15) is 9.59 Å². The molecule has 3 rings (SSSR count). The van der Waals surface area contributed by atoms with Crippen molar-refractivity contribution in [3.8, 4) is 28.4 Å². The summed E-state index contributed by atoms with van der Waals surface area (Å²) in [4.78, 5) is 32.1. The van der Waals surface area contributed by atoms with Crippen LogP contribution in [0.1, 0.15) is 34.1 Å². The number of imidazole rings is 1. The van der Waals surface area contributed by atoms with Crippen molar-refractivity contribution >= 4 is 29.4 Å². The minimum atomic E-state index is -0.337. The van der Waals surface area contributed by atoms with E-state index in [0.717, 1.165) is 5.56 Å². The van der Waals surface area contributed by atoms with Crippen molar-refractivity contribution in [2.45, 2.75) is 40.2 Å². The number of aromatic nitrogens is 2. The van der Waals surface area contributed by atoms with E-state index < -0.39 is 0 Å². The van der Waals surface area contributed by atoms with Crippen LogP contribution in [0.25, 0.3) is 16.9 Å². The topological polar surface area (TPSA) is 85.7 Å². The second kappa shape index (κ2) is 11.9. The maximum absolute atomic E-state index is 13.1. The highest BCUT2D eigenvalue weighted by atomic mass is 35.5. The Bertz CT molecular complexity index is 1200. The minimum absolute atomic E-state index is 0.0553. The molecule has 0 saturated heterocycles. The molecule has 0 saturated carbocycles. The normalized spacial score (nSPS) is 11.0. The van der Waals surface area contributed by atoms with E-state index in [1.54, 1.807) is 48.0 Å². The number of anilines is 1. The highest BCUT2D eigenvalue weighted by Crippen LogP contribution is 2.32. The fraction of sp³-hybridized carbons (Fsp3) is 0.370. The van der Waals surface area contributed by atoms with Gasteiger partial charge in [-0.2, -0.15) is 0 Å². The Hall–Kier alpha value is -3.52. The van der Waals surface area contributed by atoms with Gasteiger partial charge in [0.2, 0.25) is 17.8 Å². The van der Waals surface area contributed by atoms with Gasteiger partial charge in [-0.05, 0) is 44.0 Å². The SMILES string of the molecule is COc1ccc(-n2cc(-c3ccc(Cl)cc3)nc2NC(=O)CN(C(=O)CC(C)C)C(C)C)cc1OC. The average Bonchev–Trinajstić information content (AvgIpc) is 3.25. The summed E-state index contributed by atoms with van der Waals surface area (Å²) >= 11 is 6.05. The predicted molar refractivity (Wildman–Crippen MR) is 142 cm³/mol. The van der Waals surface area contributed by atoms with Crippen molar-refractivity contribution in [3.63, 3.8) is 0 Å². The Morgan fingerprint density at radius 1 is 1.03 bits per heavy atom. The van der Waals surface area contributed by atoms with Crippen LogP contribution in [0.15, 0.2) is 48.7 Å². The van der Waals surface area contributed by atoms with Gasteiger partial charge < -0.3 is 14.4 Å². The van der Waals surface area contributed by atoms with Crippen LogP contribution in [-0.2, 0) is 9.59 Å². The lowest BCUT2D eigenvalue weighted by Gasteiger charge is -2.27. The van der Waals surface area contributed by atoms with Crippen LogP contribution >= 0.6 is 11.6 Å². The fourth-order valence-corrected chi connectivity index (χ4v) is 3.87. The smallest absolute Gasteiger partial charge is 0.246 e. The van der Waals surface area contributed by atoms with Crippen LogP contribution in [0.4, 0.5) is 5.95 Å². The van der Waals surface area contributed by atoms with Gasteiger partial charge in [0.15, 0.2) is 11.5 Å². The van der Waals surface area contributed by atoms with Gasteiger partial charge in [0.1, 0.15) is 6.54 Å². The highest BCUT2D eigenvalue weighted by molar-refractivity contribution is 6.30. The third kappa shape index (κ3) is 6.57. The molecule has 192 valence electrons. The van der Waals surface area contributed by atoms with Gasteiger partial charge in [0, 0.05) is 35.3 Å². The molecule has 2 aromatic carbocycles. The number of hydrogen-bond acceptors (Lipinski definition) is 5. The van der Waals surface area contributed by atoms with E-state index in [0.29, 0.717) is 40.3 Å². The van der Waals surface area contributed by atoms with Gasteiger partial charge in [-0.15, -0.1) is 0 Å². The zero-order chi connectivity index (χ0) is 26.4. The number of methoxy groups -OCH3 is 2. The van der Waals surface area contributed by atoms with Gasteiger partial charge in [-0.25, -0.2) is 4.98 Å². The first-order valence-corrected chi connectivity index (χ1v) is 12.2. The monoisotopic (exact) mass is 512 g/mol. The predicted octanol–water partition coefficient (Wildman–Crippen LogP) is 5.43. The molecule has 0 fully saturated rings. The summed E-state index contributed by atoms with van der Waals surface area (Å²) in [5.74, 6) is 1.25. The molecule has 1 aromatic heterocycles. The van der Waals surface area contributed by atoms with E-state index in [2.05, 4.69) is 10.3 Å². The maximum atomic E-state index is 13.1. The number of amides is 2. The zero-order valence-electron chi connectivity index (χ0n) is 21.5. The molecule has 36 heavy (non-hydrogen) atoms. The molecular weight excluding hydrogens is 480 g/mol. The van der Waals surface area contributed by atoms with Crippen molar-refractivity contribution < 1.29 is 19.1 Å². The molecule has 0 aliphatic rings. The molecule has 1 N–H and O–H groups in total. The van der Waals surface area contributed by atoms with Gasteiger partial charge in [0.05, 0.1) is 25.6 Å². The van der Waals surface area contributed by atoms with E-state index in [1.807, 2.05) is 52.1 Å². The van der Waals surface area contributed by atoms with Crippen LogP contribution < -0.4 is 14.8 Å². The molecule has 0 aliphatic heterocycles. The van der Waals surface area contributed by atoms with Gasteiger partial charge in [-0.1, -0.05) is 37.6 Å². The third-order valence-corrected chi connectivity index (χ3v) is 5.83. The minimum Gasteiger partial charge on any atom is -0.493 e. The van der Waals surface area contributed by atoms with Crippen molar-refractivity contribution in [1.82, 2.24) is 14.5 Å². The summed E-state index contributed by atoms with van der Waals surface area (Å²) < 4.78 is 12.6. The Kier molecular flexibility index (Phi) is 8.98. The summed E-state index contributed by atoms with van der Waals surface area (Å²) in [6.07, 6.45) is 2.21. The summed E-state index contributed by atoms with van der Waals surface area (Å²) in [7, 11) is 3.13. The lowest BCUT2D eigenvalue weighted by molar-refractivity contribution is -0.137. The number of nitrogens with zero attached hydrogens (tertiary/aromatic N) is 3. The molecule has 0 atom stereocenters. The summed E-state index contributed by atoms with van der Waals surface area (Å²) in [6.45, 7) is 7.69. The summed E-state index contributed by atoms with van der Waals surface area (Å²) in [5, 5.41) is 3.51. The average molecular weight is 513 g/mol. The quantitative estimate of drug-likeness (QED) is 0.391. The molecule has 1 heterocycles. The van der Waals surface area contributed by atoms with Crippen LogP contribution in [0.5, 0.6) is 11.5 Å². The lowest BCUT2D eigenvalue weighted by Crippen LogP contribution is -2.43. The number of carbonyl (C=O) groups excluding carboxylic acids is 2. The highest BCUT2D eigenvalue weighted by Gasteiger charge is 2.22. The standard InChI is InChI=1S/C27H33ClN4O4/c1-17(2)13-26(34)31(18(3)4)16-25(33)30-27-29-22(19-7-9-20(28)10-8-19)15-32(27)21-11-12-23(35-5)24(14-21)36-6/h7-12,14-15,17-18H,13,16H2,1-6H3,(H,29,30,33). The third-order valence-electron chi connectivity index (χ3n) is 5.58. The van der Waals surface area contributed by atoms with Crippen molar-refractivity contribution in [1.29, 1.82) is 0 Å². The van der Waals surface area contributed by atoms with Crippen molar-refractivity contribution in [2.75, 3.05) is 26.1 Å². The molecule has 2 amide bonds. The number of hydrogen-bond donors (Lipinski definition) is 1. The van der Waals surface area contributed by atoms with Gasteiger partial charge >= 0.3 is 0 Å². The molecule has 9 heteroatoms. The molecule has 0 radical (unpaired) electrons. The number of halogens is 1. The number of carbonyl (C=O) groups is 2. The molecule has 8 nitrogen and oxygen atoms in total. The van der Waals surface area contributed by atoms with Gasteiger partial charge in [-0.3, -0.25) is 19.5 Å².